The number of anilines is 1. The van der Waals surface area contributed by atoms with E-state index in [2.05, 4.69) is 14.9 Å². The molecule has 1 aromatic carbocycles. The second-order valence-electron chi connectivity index (χ2n) is 4.45. The molecule has 2 aromatic rings. The Morgan fingerprint density at radius 3 is 2.52 bits per heavy atom. The van der Waals surface area contributed by atoms with Gasteiger partial charge in [-0.25, -0.2) is 13.2 Å². The maximum atomic E-state index is 12.3. The molecule has 21 heavy (non-hydrogen) atoms. The first-order chi connectivity index (χ1) is 9.81. The number of hydrogen-bond donors (Lipinski definition) is 2. The third-order valence-electron chi connectivity index (χ3n) is 2.85. The number of sulfonamides is 1. The topological polar surface area (TPSA) is 109 Å². The molecule has 0 spiro atoms. The molecule has 0 amide bonds. The van der Waals surface area contributed by atoms with Crippen molar-refractivity contribution in [3.05, 3.63) is 47.2 Å². The molecule has 0 saturated heterocycles. The van der Waals surface area contributed by atoms with Crippen LogP contribution >= 0.6 is 0 Å². The summed E-state index contributed by atoms with van der Waals surface area (Å²) < 4.78 is 26.9. The summed E-state index contributed by atoms with van der Waals surface area (Å²) in [5.41, 5.74) is 0.896. The van der Waals surface area contributed by atoms with E-state index in [1.165, 1.54) is 24.4 Å². The minimum atomic E-state index is -3.93. The maximum Gasteiger partial charge on any atom is 0.335 e. The second kappa shape index (κ2) is 5.49. The Morgan fingerprint density at radius 2 is 1.95 bits per heavy atom. The van der Waals surface area contributed by atoms with E-state index in [1.54, 1.807) is 13.8 Å². The molecule has 8 heteroatoms. The Bertz CT molecular complexity index is 789. The largest absolute Gasteiger partial charge is 0.478 e. The van der Waals surface area contributed by atoms with Crippen LogP contribution in [0.25, 0.3) is 0 Å². The van der Waals surface area contributed by atoms with Crippen molar-refractivity contribution in [1.29, 1.82) is 0 Å². The number of carboxylic acid groups (broad SMARTS) is 1. The summed E-state index contributed by atoms with van der Waals surface area (Å²) >= 11 is 0. The Balaban J connectivity index is 2.50. The minimum absolute atomic E-state index is 0.0554. The summed E-state index contributed by atoms with van der Waals surface area (Å²) in [6.07, 6.45) is 1.41. The summed E-state index contributed by atoms with van der Waals surface area (Å²) in [5, 5.41) is 16.3. The zero-order chi connectivity index (χ0) is 15.6. The number of aromatic nitrogens is 2. The highest BCUT2D eigenvalue weighted by Crippen LogP contribution is 2.22. The normalized spacial score (nSPS) is 11.1. The Morgan fingerprint density at radius 1 is 1.24 bits per heavy atom. The van der Waals surface area contributed by atoms with E-state index in [9.17, 15) is 13.2 Å². The molecule has 7 nitrogen and oxygen atoms in total. The molecule has 0 aliphatic rings. The number of rotatable bonds is 4. The first kappa shape index (κ1) is 14.9. The number of aryl methyl sites for hydroxylation is 2. The smallest absolute Gasteiger partial charge is 0.335 e. The third-order valence-corrected chi connectivity index (χ3v) is 4.35. The van der Waals surface area contributed by atoms with Crippen molar-refractivity contribution in [2.75, 3.05) is 4.72 Å². The third kappa shape index (κ3) is 3.16. The molecular weight excluding hydrogens is 294 g/mol. The van der Waals surface area contributed by atoms with Crippen molar-refractivity contribution in [3.63, 3.8) is 0 Å². The quantitative estimate of drug-likeness (QED) is 0.887. The molecule has 0 fully saturated rings. The van der Waals surface area contributed by atoms with E-state index in [-0.39, 0.29) is 16.3 Å². The second-order valence-corrected chi connectivity index (χ2v) is 6.10. The summed E-state index contributed by atoms with van der Waals surface area (Å²) in [5.74, 6) is -1.11. The van der Waals surface area contributed by atoms with Gasteiger partial charge in [0.2, 0.25) is 0 Å². The van der Waals surface area contributed by atoms with Crippen LogP contribution in [0.15, 0.2) is 35.4 Å². The Labute approximate surface area is 121 Å². The van der Waals surface area contributed by atoms with Gasteiger partial charge in [-0.05, 0) is 43.2 Å². The van der Waals surface area contributed by atoms with Crippen LogP contribution in [0.4, 0.5) is 5.82 Å². The number of aromatic carboxylic acids is 1. The van der Waals surface area contributed by atoms with Crippen LogP contribution in [-0.2, 0) is 10.0 Å². The maximum absolute atomic E-state index is 12.3. The molecular formula is C13H13N3O4S. The fourth-order valence-corrected chi connectivity index (χ4v) is 3.15. The number of hydrogen-bond acceptors (Lipinski definition) is 5. The van der Waals surface area contributed by atoms with Gasteiger partial charge >= 0.3 is 5.97 Å². The van der Waals surface area contributed by atoms with Gasteiger partial charge < -0.3 is 5.11 Å². The molecule has 0 atom stereocenters. The van der Waals surface area contributed by atoms with Gasteiger partial charge in [-0.15, -0.1) is 5.10 Å². The average Bonchev–Trinajstić information content (AvgIpc) is 2.38. The number of nitrogens with zero attached hydrogens (tertiary/aromatic N) is 2. The summed E-state index contributed by atoms with van der Waals surface area (Å²) in [6.45, 7) is 3.22. The fourth-order valence-electron chi connectivity index (χ4n) is 1.90. The lowest BCUT2D eigenvalue weighted by Gasteiger charge is -2.11. The molecule has 110 valence electrons. The van der Waals surface area contributed by atoms with Gasteiger partial charge in [-0.2, -0.15) is 5.10 Å². The highest BCUT2D eigenvalue weighted by atomic mass is 32.2. The molecule has 0 bridgehead atoms. The molecule has 1 heterocycles. The zero-order valence-electron chi connectivity index (χ0n) is 11.4. The minimum Gasteiger partial charge on any atom is -0.478 e. The predicted molar refractivity (Wildman–Crippen MR) is 75.7 cm³/mol. The van der Waals surface area contributed by atoms with Gasteiger partial charge in [0, 0.05) is 6.20 Å². The molecule has 0 aliphatic heterocycles. The van der Waals surface area contributed by atoms with Gasteiger partial charge in [0.1, 0.15) is 0 Å². The highest BCUT2D eigenvalue weighted by molar-refractivity contribution is 7.92. The van der Waals surface area contributed by atoms with Gasteiger partial charge in [-0.1, -0.05) is 6.07 Å². The lowest BCUT2D eigenvalue weighted by atomic mass is 10.1. The lowest BCUT2D eigenvalue weighted by molar-refractivity contribution is 0.0696. The molecule has 0 radical (unpaired) electrons. The molecule has 2 rings (SSSR count). The van der Waals surface area contributed by atoms with E-state index in [4.69, 9.17) is 5.11 Å². The lowest BCUT2D eigenvalue weighted by Crippen LogP contribution is -2.16. The fraction of sp³-hybridized carbons (Fsp3) is 0.154. The molecule has 0 unspecified atom stereocenters. The van der Waals surface area contributed by atoms with Crippen molar-refractivity contribution < 1.29 is 18.3 Å². The van der Waals surface area contributed by atoms with Gasteiger partial charge in [0.25, 0.3) is 10.0 Å². The van der Waals surface area contributed by atoms with Crippen molar-refractivity contribution in [2.45, 2.75) is 18.7 Å². The number of carbonyl (C=O) groups is 1. The van der Waals surface area contributed by atoms with E-state index < -0.39 is 16.0 Å². The summed E-state index contributed by atoms with van der Waals surface area (Å²) in [6, 6.07) is 5.65. The van der Waals surface area contributed by atoms with E-state index in [0.29, 0.717) is 11.1 Å². The van der Waals surface area contributed by atoms with Crippen molar-refractivity contribution in [2.24, 2.45) is 0 Å². The van der Waals surface area contributed by atoms with Crippen LogP contribution in [0.2, 0.25) is 0 Å². The summed E-state index contributed by atoms with van der Waals surface area (Å²) in [7, 11) is -3.93. The van der Waals surface area contributed by atoms with Crippen LogP contribution in [0, 0.1) is 13.8 Å². The Hall–Kier alpha value is -2.48. The number of nitrogens with one attached hydrogen (secondary N) is 1. The van der Waals surface area contributed by atoms with Crippen LogP contribution in [0.3, 0.4) is 0 Å². The van der Waals surface area contributed by atoms with Crippen LogP contribution in [-0.4, -0.2) is 29.7 Å². The van der Waals surface area contributed by atoms with Crippen LogP contribution in [0.5, 0.6) is 0 Å². The first-order valence-corrected chi connectivity index (χ1v) is 7.44. The van der Waals surface area contributed by atoms with Gasteiger partial charge in [0.05, 0.1) is 10.5 Å². The van der Waals surface area contributed by atoms with E-state index in [0.717, 1.165) is 6.07 Å². The van der Waals surface area contributed by atoms with E-state index >= 15 is 0 Å². The zero-order valence-corrected chi connectivity index (χ0v) is 12.2. The standard InChI is InChI=1S/C13H13N3O4S/c1-8-6-9(2)11(7-10(8)13(17)18)21(19,20)16-12-4-3-5-14-15-12/h3-7H,1-2H3,(H,15,16)(H,17,18). The van der Waals surface area contributed by atoms with Crippen molar-refractivity contribution in [1.82, 2.24) is 10.2 Å². The predicted octanol–water partition coefficient (Wildman–Crippen LogP) is 1.59. The first-order valence-electron chi connectivity index (χ1n) is 5.96. The molecule has 0 saturated carbocycles. The molecule has 0 aliphatic carbocycles. The van der Waals surface area contributed by atoms with Crippen LogP contribution in [0.1, 0.15) is 21.5 Å². The SMILES string of the molecule is Cc1cc(C)c(S(=O)(=O)Nc2cccnn2)cc1C(=O)O. The van der Waals surface area contributed by atoms with Crippen LogP contribution < -0.4 is 4.72 Å². The van der Waals surface area contributed by atoms with Gasteiger partial charge in [-0.3, -0.25) is 4.72 Å². The number of benzene rings is 1. The van der Waals surface area contributed by atoms with Crippen molar-refractivity contribution >= 4 is 21.8 Å². The molecule has 1 aromatic heterocycles. The highest BCUT2D eigenvalue weighted by Gasteiger charge is 2.21. The van der Waals surface area contributed by atoms with Gasteiger partial charge in [0.15, 0.2) is 5.82 Å². The number of carboxylic acids is 1. The Kier molecular flexibility index (Phi) is 3.90. The van der Waals surface area contributed by atoms with Crippen molar-refractivity contribution in [3.8, 4) is 0 Å². The molecule has 2 N–H and O–H groups in total. The van der Waals surface area contributed by atoms with E-state index in [1.807, 2.05) is 0 Å². The summed E-state index contributed by atoms with van der Waals surface area (Å²) in [4.78, 5) is 11.0. The monoisotopic (exact) mass is 307 g/mol. The average molecular weight is 307 g/mol.